The Morgan fingerprint density at radius 3 is 2.87 bits per heavy atom. The van der Waals surface area contributed by atoms with E-state index in [1.54, 1.807) is 19.1 Å². The van der Waals surface area contributed by atoms with Gasteiger partial charge in [0.05, 0.1) is 12.9 Å². The minimum absolute atomic E-state index is 0.218. The molecule has 0 aliphatic carbocycles. The van der Waals surface area contributed by atoms with Crippen LogP contribution in [-0.2, 0) is 14.3 Å². The van der Waals surface area contributed by atoms with Crippen molar-refractivity contribution >= 4 is 17.8 Å². The normalized spacial score (nSPS) is 24.8. The number of guanidine groups is 1. The third kappa shape index (κ3) is 3.23. The number of nitrogens with zero attached hydrogens (tertiary/aromatic N) is 2. The molecule has 1 aromatic rings. The van der Waals surface area contributed by atoms with Gasteiger partial charge in [0.15, 0.2) is 5.92 Å². The van der Waals surface area contributed by atoms with Gasteiger partial charge in [-0.05, 0) is 38.3 Å². The molecule has 1 N–H and O–H groups in total. The highest BCUT2D eigenvalue weighted by Crippen LogP contribution is 2.31. The van der Waals surface area contributed by atoms with Gasteiger partial charge in [-0.15, -0.1) is 0 Å². The molecule has 23 heavy (non-hydrogen) atoms. The zero-order valence-electron chi connectivity index (χ0n) is 13.2. The molecular weight excluding hydrogens is 298 g/mol. The smallest absolute Gasteiger partial charge is 0.321 e. The number of likely N-dealkylation sites (tertiary alicyclic amines) is 1. The Balaban J connectivity index is 1.91. The summed E-state index contributed by atoms with van der Waals surface area (Å²) in [6, 6.07) is 2.77. The second-order valence-electron chi connectivity index (χ2n) is 5.68. The lowest BCUT2D eigenvalue weighted by atomic mass is 9.95. The van der Waals surface area contributed by atoms with E-state index < -0.39 is 17.9 Å². The van der Waals surface area contributed by atoms with Crippen molar-refractivity contribution in [3.63, 3.8) is 0 Å². The Morgan fingerprint density at radius 1 is 1.43 bits per heavy atom. The van der Waals surface area contributed by atoms with Crippen LogP contribution in [0.2, 0.25) is 0 Å². The lowest BCUT2D eigenvalue weighted by molar-refractivity contribution is -0.153. The maximum atomic E-state index is 12.5. The maximum absolute atomic E-state index is 12.5. The van der Waals surface area contributed by atoms with Gasteiger partial charge in [-0.3, -0.25) is 14.9 Å². The molecule has 1 saturated heterocycles. The number of piperidine rings is 1. The van der Waals surface area contributed by atoms with Gasteiger partial charge in [0.25, 0.3) is 0 Å². The van der Waals surface area contributed by atoms with Crippen molar-refractivity contribution in [3.05, 3.63) is 24.2 Å². The van der Waals surface area contributed by atoms with Gasteiger partial charge in [0.1, 0.15) is 11.8 Å². The largest absolute Gasteiger partial charge is 0.467 e. The Morgan fingerprint density at radius 2 is 2.22 bits per heavy atom. The number of esters is 1. The van der Waals surface area contributed by atoms with Crippen LogP contribution in [0.4, 0.5) is 0 Å². The van der Waals surface area contributed by atoms with E-state index >= 15 is 0 Å². The van der Waals surface area contributed by atoms with Gasteiger partial charge in [-0.1, -0.05) is 0 Å². The van der Waals surface area contributed by atoms with Gasteiger partial charge in [0.2, 0.25) is 11.9 Å². The lowest BCUT2D eigenvalue weighted by Crippen LogP contribution is -2.53. The monoisotopic (exact) mass is 319 g/mol. The van der Waals surface area contributed by atoms with Crippen LogP contribution < -0.4 is 5.32 Å². The molecule has 0 bridgehead atoms. The number of furan rings is 1. The molecule has 0 unspecified atom stereocenters. The Kier molecular flexibility index (Phi) is 4.64. The molecule has 2 aliphatic heterocycles. The molecule has 3 rings (SSSR count). The summed E-state index contributed by atoms with van der Waals surface area (Å²) < 4.78 is 10.4. The van der Waals surface area contributed by atoms with E-state index in [2.05, 4.69) is 15.2 Å². The maximum Gasteiger partial charge on any atom is 0.321 e. The highest BCUT2D eigenvalue weighted by molar-refractivity contribution is 6.08. The predicted molar refractivity (Wildman–Crippen MR) is 82.6 cm³/mol. The van der Waals surface area contributed by atoms with Crippen LogP contribution in [0, 0.1) is 5.92 Å². The number of amides is 1. The second-order valence-corrected chi connectivity index (χ2v) is 5.68. The van der Waals surface area contributed by atoms with Crippen LogP contribution in [0.3, 0.4) is 0 Å². The third-order valence-corrected chi connectivity index (χ3v) is 4.13. The van der Waals surface area contributed by atoms with Gasteiger partial charge in [-0.2, -0.15) is 0 Å². The van der Waals surface area contributed by atoms with Crippen molar-refractivity contribution in [2.45, 2.75) is 32.2 Å². The first-order valence-electron chi connectivity index (χ1n) is 8.04. The summed E-state index contributed by atoms with van der Waals surface area (Å²) in [5.41, 5.74) is 0. The summed E-state index contributed by atoms with van der Waals surface area (Å²) in [6.07, 6.45) is 4.84. The first-order valence-corrected chi connectivity index (χ1v) is 8.04. The fourth-order valence-corrected chi connectivity index (χ4v) is 2.99. The fraction of sp³-hybridized carbons (Fsp3) is 0.562. The average molecular weight is 319 g/mol. The van der Waals surface area contributed by atoms with Crippen LogP contribution in [0.25, 0.3) is 0 Å². The molecule has 0 saturated carbocycles. The van der Waals surface area contributed by atoms with Crippen LogP contribution in [0.5, 0.6) is 0 Å². The van der Waals surface area contributed by atoms with Gasteiger partial charge in [-0.25, -0.2) is 4.99 Å². The first-order chi connectivity index (χ1) is 11.2. The molecular formula is C16H21N3O4. The number of rotatable bonds is 3. The highest BCUT2D eigenvalue weighted by Gasteiger charge is 2.43. The van der Waals surface area contributed by atoms with Gasteiger partial charge < -0.3 is 14.1 Å². The number of hydrogen-bond donors (Lipinski definition) is 1. The summed E-state index contributed by atoms with van der Waals surface area (Å²) in [5.74, 6) is -0.966. The van der Waals surface area contributed by atoms with E-state index in [4.69, 9.17) is 9.15 Å². The van der Waals surface area contributed by atoms with Crippen molar-refractivity contribution in [1.29, 1.82) is 0 Å². The molecule has 124 valence electrons. The number of nitrogens with one attached hydrogen (secondary N) is 1. The van der Waals surface area contributed by atoms with Crippen LogP contribution in [-0.4, -0.2) is 42.4 Å². The Labute approximate surface area is 134 Å². The van der Waals surface area contributed by atoms with Gasteiger partial charge >= 0.3 is 5.97 Å². The van der Waals surface area contributed by atoms with Crippen molar-refractivity contribution in [3.8, 4) is 0 Å². The molecule has 1 aromatic heterocycles. The summed E-state index contributed by atoms with van der Waals surface area (Å²) in [7, 11) is 0. The van der Waals surface area contributed by atoms with E-state index in [1.165, 1.54) is 12.7 Å². The molecule has 7 nitrogen and oxygen atoms in total. The number of carbonyl (C=O) groups excluding carboxylic acids is 2. The summed E-state index contributed by atoms with van der Waals surface area (Å²) in [4.78, 5) is 31.4. The zero-order chi connectivity index (χ0) is 16.2. The zero-order valence-corrected chi connectivity index (χ0v) is 13.2. The van der Waals surface area contributed by atoms with Gasteiger partial charge in [0, 0.05) is 13.1 Å². The van der Waals surface area contributed by atoms with Crippen LogP contribution in [0.1, 0.15) is 38.0 Å². The average Bonchev–Trinajstić information content (AvgIpc) is 3.09. The van der Waals surface area contributed by atoms with Crippen molar-refractivity contribution in [2.24, 2.45) is 10.9 Å². The summed E-state index contributed by atoms with van der Waals surface area (Å²) >= 11 is 0. The molecule has 2 atom stereocenters. The van der Waals surface area contributed by atoms with Crippen LogP contribution >= 0.6 is 0 Å². The molecule has 0 aromatic carbocycles. The quantitative estimate of drug-likeness (QED) is 0.674. The number of carbonyl (C=O) groups is 2. The molecule has 0 radical (unpaired) electrons. The molecule has 1 fully saturated rings. The topological polar surface area (TPSA) is 84.1 Å². The summed E-state index contributed by atoms with van der Waals surface area (Å²) in [5, 5.41) is 2.76. The minimum Gasteiger partial charge on any atom is -0.467 e. The molecule has 7 heteroatoms. The summed E-state index contributed by atoms with van der Waals surface area (Å²) in [6.45, 7) is 3.64. The van der Waals surface area contributed by atoms with Crippen molar-refractivity contribution in [2.75, 3.05) is 19.7 Å². The van der Waals surface area contributed by atoms with E-state index in [1.807, 2.05) is 0 Å². The van der Waals surface area contributed by atoms with Crippen LogP contribution in [0.15, 0.2) is 27.8 Å². The van der Waals surface area contributed by atoms with Crippen molar-refractivity contribution in [1.82, 2.24) is 10.2 Å². The van der Waals surface area contributed by atoms with E-state index in [0.29, 0.717) is 11.7 Å². The molecule has 0 spiro atoms. The highest BCUT2D eigenvalue weighted by atomic mass is 16.5. The van der Waals surface area contributed by atoms with E-state index in [-0.39, 0.29) is 12.5 Å². The standard InChI is InChI=1S/C16H21N3O4/c1-2-22-15(21)12-13(11-7-6-10-23-11)17-16(18-14(12)20)19-8-4-3-5-9-19/h6-7,10,12-13H,2-5,8-9H2,1H3,(H,17,18,20)/t12-,13+/m0/s1. The first kappa shape index (κ1) is 15.6. The van der Waals surface area contributed by atoms with E-state index in [0.717, 1.165) is 25.9 Å². The molecule has 1 amide bonds. The lowest BCUT2D eigenvalue weighted by Gasteiger charge is -2.34. The Bertz CT molecular complexity index is 590. The van der Waals surface area contributed by atoms with Crippen molar-refractivity contribution < 1.29 is 18.7 Å². The number of ether oxygens (including phenoxy) is 1. The van der Waals surface area contributed by atoms with E-state index in [9.17, 15) is 9.59 Å². The molecule has 2 aliphatic rings. The third-order valence-electron chi connectivity index (χ3n) is 4.13. The Hall–Kier alpha value is -2.31. The fourth-order valence-electron chi connectivity index (χ4n) is 2.99. The number of hydrogen-bond acceptors (Lipinski definition) is 6. The molecule has 3 heterocycles. The number of aliphatic imine (C=N–C) groups is 1. The second kappa shape index (κ2) is 6.85. The SMILES string of the molecule is CCOC(=O)[C@@H]1C(=O)NC(N2CCCCC2)=N[C@@H]1c1ccco1. The minimum atomic E-state index is -1.02. The predicted octanol–water partition coefficient (Wildman–Crippen LogP) is 1.47.